The van der Waals surface area contributed by atoms with Crippen molar-refractivity contribution in [2.45, 2.75) is 37.6 Å². The summed E-state index contributed by atoms with van der Waals surface area (Å²) in [4.78, 5) is 49.0. The quantitative estimate of drug-likeness (QED) is 0.596. The van der Waals surface area contributed by atoms with Gasteiger partial charge in [-0.1, -0.05) is 6.07 Å². The highest BCUT2D eigenvalue weighted by atomic mass is 19.3. The summed E-state index contributed by atoms with van der Waals surface area (Å²) >= 11 is 0. The number of carbonyl (C=O) groups is 3. The van der Waals surface area contributed by atoms with Gasteiger partial charge in [0, 0.05) is 32.4 Å². The fourth-order valence-corrected chi connectivity index (χ4v) is 4.50. The van der Waals surface area contributed by atoms with Crippen molar-refractivity contribution in [1.82, 2.24) is 14.5 Å². The number of aldehydes is 1. The van der Waals surface area contributed by atoms with Crippen molar-refractivity contribution < 1.29 is 23.2 Å². The molecule has 160 valence electrons. The number of aromatic nitrogens is 2. The van der Waals surface area contributed by atoms with Gasteiger partial charge in [-0.05, 0) is 25.0 Å². The molecule has 0 bridgehead atoms. The molecule has 2 saturated heterocycles. The highest BCUT2D eigenvalue weighted by Gasteiger charge is 2.44. The summed E-state index contributed by atoms with van der Waals surface area (Å²) in [7, 11) is 1.54. The predicted molar refractivity (Wildman–Crippen MR) is 105 cm³/mol. The van der Waals surface area contributed by atoms with Gasteiger partial charge in [0.15, 0.2) is 0 Å². The Morgan fingerprint density at radius 2 is 2.00 bits per heavy atom. The number of imidazole rings is 1. The van der Waals surface area contributed by atoms with Crippen LogP contribution in [0.4, 0.5) is 14.5 Å². The van der Waals surface area contributed by atoms with Crippen LogP contribution in [0.2, 0.25) is 0 Å². The molecule has 2 aliphatic heterocycles. The summed E-state index contributed by atoms with van der Waals surface area (Å²) < 4.78 is 31.9. The lowest BCUT2D eigenvalue weighted by molar-refractivity contribution is -0.135. The van der Waals surface area contributed by atoms with Crippen molar-refractivity contribution in [3.8, 4) is 0 Å². The molecule has 2 aliphatic rings. The van der Waals surface area contributed by atoms with E-state index >= 15 is 0 Å². The molecule has 2 unspecified atom stereocenters. The Kier molecular flexibility index (Phi) is 4.95. The van der Waals surface area contributed by atoms with Crippen molar-refractivity contribution in [2.24, 2.45) is 13.0 Å². The number of halogens is 2. The number of rotatable bonds is 4. The third-order valence-corrected chi connectivity index (χ3v) is 6.07. The van der Waals surface area contributed by atoms with Crippen LogP contribution in [0.15, 0.2) is 23.0 Å². The lowest BCUT2D eigenvalue weighted by Gasteiger charge is -2.39. The highest BCUT2D eigenvalue weighted by Crippen LogP contribution is 2.38. The number of nitrogens with zero attached hydrogens (tertiary/aromatic N) is 3. The zero-order valence-electron chi connectivity index (χ0n) is 16.4. The normalized spacial score (nSPS) is 24.2. The van der Waals surface area contributed by atoms with Crippen molar-refractivity contribution in [1.29, 1.82) is 0 Å². The molecular weight excluding hydrogens is 398 g/mol. The van der Waals surface area contributed by atoms with Gasteiger partial charge in [-0.2, -0.15) is 0 Å². The van der Waals surface area contributed by atoms with E-state index in [4.69, 9.17) is 0 Å². The average molecular weight is 420 g/mol. The molecule has 0 saturated carbocycles. The molecule has 0 aliphatic carbocycles. The minimum Gasteiger partial charge on any atom is -0.364 e. The van der Waals surface area contributed by atoms with Gasteiger partial charge < -0.3 is 9.69 Å². The third-order valence-electron chi connectivity index (χ3n) is 6.07. The van der Waals surface area contributed by atoms with Crippen LogP contribution in [0, 0.1) is 5.92 Å². The van der Waals surface area contributed by atoms with Crippen molar-refractivity contribution in [3.63, 3.8) is 0 Å². The van der Waals surface area contributed by atoms with E-state index in [2.05, 4.69) is 5.32 Å². The lowest BCUT2D eigenvalue weighted by atomic mass is 9.90. The number of nitrogens with one attached hydrogen (secondary N) is 1. The number of hydrogen-bond donors (Lipinski definition) is 1. The van der Waals surface area contributed by atoms with Gasteiger partial charge in [0.25, 0.3) is 5.92 Å². The standard InChI is InChI=1S/C20H22F2N4O4/c1-24-17-13(25-9-7-12(8-10-27)20(21,22)11-25)3-2-4-14(17)26(19(24)30)15-5-6-16(28)23-18(15)29/h2-4,10,12,15H,5-9,11H2,1H3,(H,23,28,29). The molecule has 30 heavy (non-hydrogen) atoms. The second kappa shape index (κ2) is 7.33. The summed E-state index contributed by atoms with van der Waals surface area (Å²) in [6, 6.07) is 4.16. The molecule has 10 heteroatoms. The van der Waals surface area contributed by atoms with E-state index in [1.165, 1.54) is 21.1 Å². The number of benzene rings is 1. The molecule has 4 rings (SSSR count). The number of para-hydroxylation sites is 1. The average Bonchev–Trinajstić information content (AvgIpc) is 2.94. The number of carbonyl (C=O) groups excluding carboxylic acids is 3. The van der Waals surface area contributed by atoms with Gasteiger partial charge in [-0.15, -0.1) is 0 Å². The van der Waals surface area contributed by atoms with Gasteiger partial charge in [0.2, 0.25) is 11.8 Å². The number of imide groups is 1. The van der Waals surface area contributed by atoms with Crippen LogP contribution in [0.5, 0.6) is 0 Å². The minimum atomic E-state index is -3.04. The third kappa shape index (κ3) is 3.20. The Morgan fingerprint density at radius 3 is 2.67 bits per heavy atom. The van der Waals surface area contributed by atoms with Gasteiger partial charge in [0.05, 0.1) is 23.3 Å². The Balaban J connectivity index is 1.77. The van der Waals surface area contributed by atoms with E-state index < -0.39 is 36.0 Å². The monoisotopic (exact) mass is 420 g/mol. The van der Waals surface area contributed by atoms with Gasteiger partial charge in [0.1, 0.15) is 12.3 Å². The summed E-state index contributed by atoms with van der Waals surface area (Å²) in [6.07, 6.45) is 0.816. The summed E-state index contributed by atoms with van der Waals surface area (Å²) in [5.74, 6) is -4.97. The Morgan fingerprint density at radius 1 is 1.23 bits per heavy atom. The summed E-state index contributed by atoms with van der Waals surface area (Å²) in [6.45, 7) is -0.229. The fourth-order valence-electron chi connectivity index (χ4n) is 4.50. The van der Waals surface area contributed by atoms with E-state index in [0.29, 0.717) is 29.6 Å². The van der Waals surface area contributed by atoms with E-state index in [1.807, 2.05) is 0 Å². The molecule has 2 amide bonds. The van der Waals surface area contributed by atoms with Crippen LogP contribution < -0.4 is 15.9 Å². The van der Waals surface area contributed by atoms with E-state index in [0.717, 1.165) is 0 Å². The molecule has 2 fully saturated rings. The Bertz CT molecular complexity index is 1090. The molecule has 1 N–H and O–H groups in total. The number of alkyl halides is 2. The second-order valence-corrected chi connectivity index (χ2v) is 7.89. The smallest absolute Gasteiger partial charge is 0.329 e. The number of amides is 2. The Hall–Kier alpha value is -3.04. The maximum Gasteiger partial charge on any atom is 0.329 e. The molecule has 1 aromatic heterocycles. The minimum absolute atomic E-state index is 0.120. The molecule has 0 spiro atoms. The van der Waals surface area contributed by atoms with Gasteiger partial charge in [-0.25, -0.2) is 13.6 Å². The van der Waals surface area contributed by atoms with Crippen LogP contribution in [0.1, 0.15) is 31.7 Å². The van der Waals surface area contributed by atoms with Crippen LogP contribution >= 0.6 is 0 Å². The van der Waals surface area contributed by atoms with E-state index in [1.54, 1.807) is 18.2 Å². The molecule has 2 aromatic rings. The van der Waals surface area contributed by atoms with Crippen LogP contribution in [0.3, 0.4) is 0 Å². The number of piperidine rings is 2. The summed E-state index contributed by atoms with van der Waals surface area (Å²) in [5.41, 5.74) is 0.932. The molecule has 2 atom stereocenters. The topological polar surface area (TPSA) is 93.4 Å². The maximum absolute atomic E-state index is 14.6. The lowest BCUT2D eigenvalue weighted by Crippen LogP contribution is -2.49. The molecule has 3 heterocycles. The van der Waals surface area contributed by atoms with Crippen molar-refractivity contribution >= 4 is 34.8 Å². The number of anilines is 1. The van der Waals surface area contributed by atoms with Crippen LogP contribution in [-0.4, -0.2) is 46.2 Å². The molecule has 1 aromatic carbocycles. The largest absolute Gasteiger partial charge is 0.364 e. The first-order chi connectivity index (χ1) is 14.2. The summed E-state index contributed by atoms with van der Waals surface area (Å²) in [5, 5.41) is 2.25. The number of fused-ring (bicyclic) bond motifs is 1. The molecular formula is C20H22F2N4O4. The number of hydrogen-bond acceptors (Lipinski definition) is 5. The van der Waals surface area contributed by atoms with E-state index in [-0.39, 0.29) is 31.6 Å². The van der Waals surface area contributed by atoms with Crippen LogP contribution in [-0.2, 0) is 21.4 Å². The zero-order chi connectivity index (χ0) is 21.6. The van der Waals surface area contributed by atoms with Crippen LogP contribution in [0.25, 0.3) is 11.0 Å². The highest BCUT2D eigenvalue weighted by molar-refractivity contribution is 6.00. The van der Waals surface area contributed by atoms with Crippen molar-refractivity contribution in [3.05, 3.63) is 28.7 Å². The van der Waals surface area contributed by atoms with E-state index in [9.17, 15) is 28.0 Å². The first-order valence-electron chi connectivity index (χ1n) is 9.84. The SMILES string of the molecule is Cn1c(=O)n(C2CCC(=O)NC2=O)c2cccc(N3CCC(CC=O)C(F)(F)C3)c21. The Labute approximate surface area is 170 Å². The first-order valence-corrected chi connectivity index (χ1v) is 9.84. The first kappa shape index (κ1) is 20.2. The fraction of sp³-hybridized carbons (Fsp3) is 0.500. The number of aryl methyl sites for hydroxylation is 1. The molecule has 0 radical (unpaired) electrons. The molecule has 8 nitrogen and oxygen atoms in total. The van der Waals surface area contributed by atoms with Gasteiger partial charge >= 0.3 is 5.69 Å². The maximum atomic E-state index is 14.6. The van der Waals surface area contributed by atoms with Crippen molar-refractivity contribution in [2.75, 3.05) is 18.0 Å². The predicted octanol–water partition coefficient (Wildman–Crippen LogP) is 1.37. The second-order valence-electron chi connectivity index (χ2n) is 7.89. The zero-order valence-corrected chi connectivity index (χ0v) is 16.4. The van der Waals surface area contributed by atoms with Gasteiger partial charge in [-0.3, -0.25) is 24.0 Å².